The molecule has 1 atom stereocenters. The van der Waals surface area contributed by atoms with Crippen molar-refractivity contribution in [1.29, 1.82) is 0 Å². The van der Waals surface area contributed by atoms with Crippen LogP contribution in [-0.4, -0.2) is 15.7 Å². The lowest BCUT2D eigenvalue weighted by Crippen LogP contribution is -2.25. The van der Waals surface area contributed by atoms with E-state index in [-0.39, 0.29) is 10.2 Å². The first-order valence-corrected chi connectivity index (χ1v) is 10.2. The maximum Gasteiger partial charge on any atom is 0.436 e. The molecule has 0 bridgehead atoms. The van der Waals surface area contributed by atoms with Gasteiger partial charge in [-0.05, 0) is 54.0 Å². The van der Waals surface area contributed by atoms with E-state index in [4.69, 9.17) is 0 Å². The normalized spacial score (nSPS) is 12.6. The fraction of sp³-hybridized carbons (Fsp3) is 0.200. The Hall–Kier alpha value is -2.26. The summed E-state index contributed by atoms with van der Waals surface area (Å²) in [5, 5.41) is 6.42. The van der Waals surface area contributed by atoms with Crippen molar-refractivity contribution in [2.75, 3.05) is 5.32 Å². The zero-order valence-corrected chi connectivity index (χ0v) is 17.9. The Balaban J connectivity index is 1.83. The molecule has 1 amide bonds. The second kappa shape index (κ2) is 8.62. The van der Waals surface area contributed by atoms with Crippen molar-refractivity contribution in [3.05, 3.63) is 70.5 Å². The molecular formula is C20H17BrF3N3OS. The molecule has 4 nitrogen and oxygen atoms in total. The summed E-state index contributed by atoms with van der Waals surface area (Å²) in [7, 11) is 0. The van der Waals surface area contributed by atoms with Crippen LogP contribution in [0.3, 0.4) is 0 Å². The molecule has 0 saturated heterocycles. The fourth-order valence-corrected chi connectivity index (χ4v) is 4.09. The number of amides is 1. The molecule has 152 valence electrons. The highest BCUT2D eigenvalue weighted by molar-refractivity contribution is 9.10. The van der Waals surface area contributed by atoms with Crippen LogP contribution >= 0.6 is 27.7 Å². The Kier molecular flexibility index (Phi) is 6.38. The molecule has 0 saturated carbocycles. The quantitative estimate of drug-likeness (QED) is 0.461. The summed E-state index contributed by atoms with van der Waals surface area (Å²) in [6, 6.07) is 16.0. The molecule has 0 aliphatic rings. The van der Waals surface area contributed by atoms with Crippen molar-refractivity contribution in [3.63, 3.8) is 0 Å². The highest BCUT2D eigenvalue weighted by atomic mass is 79.9. The van der Waals surface area contributed by atoms with Crippen LogP contribution in [0.5, 0.6) is 0 Å². The Morgan fingerprint density at radius 1 is 1.14 bits per heavy atom. The van der Waals surface area contributed by atoms with Crippen LogP contribution in [0, 0.1) is 6.92 Å². The summed E-state index contributed by atoms with van der Waals surface area (Å²) in [4.78, 5) is 14.6. The first kappa shape index (κ1) is 21.4. The molecule has 0 radical (unpaired) electrons. The third-order valence-corrected chi connectivity index (χ3v) is 6.24. The number of alkyl halides is 3. The van der Waals surface area contributed by atoms with Gasteiger partial charge in [-0.25, -0.2) is 0 Å². The molecule has 0 spiro atoms. The number of anilines is 1. The Morgan fingerprint density at radius 2 is 1.76 bits per heavy atom. The van der Waals surface area contributed by atoms with Crippen LogP contribution in [0.15, 0.2) is 68.9 Å². The maximum absolute atomic E-state index is 13.1. The van der Waals surface area contributed by atoms with Crippen LogP contribution < -0.4 is 5.32 Å². The standard InChI is InChI=1S/C20H17BrF3N3OS/c1-12-17(21)18(20(22,23)24)26-27(12)13(2)19(28)25-15-10-6-7-11-16(15)29-14-8-4-3-5-9-14/h3-11,13H,1-2H3,(H,25,28). The third-order valence-electron chi connectivity index (χ3n) is 4.21. The van der Waals surface area contributed by atoms with Crippen molar-refractivity contribution in [3.8, 4) is 0 Å². The SMILES string of the molecule is Cc1c(Br)c(C(F)(F)F)nn1C(C)C(=O)Nc1ccccc1Sc1ccccc1. The lowest BCUT2D eigenvalue weighted by molar-refractivity contribution is -0.142. The molecule has 9 heteroatoms. The maximum atomic E-state index is 13.1. The van der Waals surface area contributed by atoms with E-state index in [1.807, 2.05) is 42.5 Å². The van der Waals surface area contributed by atoms with Gasteiger partial charge >= 0.3 is 6.18 Å². The van der Waals surface area contributed by atoms with E-state index in [1.165, 1.54) is 25.6 Å². The zero-order chi connectivity index (χ0) is 21.2. The largest absolute Gasteiger partial charge is 0.436 e. The van der Waals surface area contributed by atoms with Crippen LogP contribution in [0.25, 0.3) is 0 Å². The monoisotopic (exact) mass is 483 g/mol. The number of para-hydroxylation sites is 1. The number of nitrogens with zero attached hydrogens (tertiary/aromatic N) is 2. The van der Waals surface area contributed by atoms with Gasteiger partial charge in [0.05, 0.1) is 15.9 Å². The average molecular weight is 484 g/mol. The Morgan fingerprint density at radius 3 is 2.38 bits per heavy atom. The van der Waals surface area contributed by atoms with Crippen molar-refractivity contribution in [2.45, 2.75) is 35.9 Å². The van der Waals surface area contributed by atoms with E-state index in [0.717, 1.165) is 14.5 Å². The van der Waals surface area contributed by atoms with E-state index in [0.29, 0.717) is 5.69 Å². The first-order chi connectivity index (χ1) is 13.7. The van der Waals surface area contributed by atoms with Gasteiger partial charge in [-0.3, -0.25) is 9.48 Å². The summed E-state index contributed by atoms with van der Waals surface area (Å²) in [6.07, 6.45) is -4.61. The number of hydrogen-bond acceptors (Lipinski definition) is 3. The summed E-state index contributed by atoms with van der Waals surface area (Å²) >= 11 is 4.41. The van der Waals surface area contributed by atoms with Gasteiger partial charge in [-0.2, -0.15) is 18.3 Å². The second-order valence-corrected chi connectivity index (χ2v) is 8.18. The molecule has 29 heavy (non-hydrogen) atoms. The predicted octanol–water partition coefficient (Wildman–Crippen LogP) is 6.32. The fourth-order valence-electron chi connectivity index (χ4n) is 2.68. The smallest absolute Gasteiger partial charge is 0.323 e. The number of halogens is 4. The minimum absolute atomic E-state index is 0.162. The van der Waals surface area contributed by atoms with Crippen molar-refractivity contribution in [2.24, 2.45) is 0 Å². The molecule has 2 aromatic carbocycles. The summed E-state index contributed by atoms with van der Waals surface area (Å²) < 4.78 is 40.2. The average Bonchev–Trinajstić information content (AvgIpc) is 2.99. The Bertz CT molecular complexity index is 1020. The molecule has 3 rings (SSSR count). The summed E-state index contributed by atoms with van der Waals surface area (Å²) in [5.74, 6) is -0.460. The number of nitrogens with one attached hydrogen (secondary N) is 1. The molecule has 1 aromatic heterocycles. The second-order valence-electron chi connectivity index (χ2n) is 6.27. The molecule has 1 N–H and O–H groups in total. The first-order valence-electron chi connectivity index (χ1n) is 8.63. The van der Waals surface area contributed by atoms with Gasteiger partial charge in [-0.1, -0.05) is 42.1 Å². The van der Waals surface area contributed by atoms with E-state index in [1.54, 1.807) is 12.1 Å². The molecule has 1 unspecified atom stereocenters. The molecule has 0 aliphatic heterocycles. The number of rotatable bonds is 5. The van der Waals surface area contributed by atoms with Crippen molar-refractivity contribution >= 4 is 39.3 Å². The topological polar surface area (TPSA) is 46.9 Å². The van der Waals surface area contributed by atoms with Crippen LogP contribution in [0.4, 0.5) is 18.9 Å². The number of benzene rings is 2. The highest BCUT2D eigenvalue weighted by Crippen LogP contribution is 2.37. The molecule has 3 aromatic rings. The summed E-state index contributed by atoms with van der Waals surface area (Å²) in [6.45, 7) is 2.99. The van der Waals surface area contributed by atoms with Crippen LogP contribution in [0.2, 0.25) is 0 Å². The third kappa shape index (κ3) is 4.84. The molecular weight excluding hydrogens is 467 g/mol. The predicted molar refractivity (Wildman–Crippen MR) is 110 cm³/mol. The lowest BCUT2D eigenvalue weighted by Gasteiger charge is -2.16. The number of carbonyl (C=O) groups is 1. The minimum Gasteiger partial charge on any atom is -0.323 e. The summed E-state index contributed by atoms with van der Waals surface area (Å²) in [5.41, 5.74) is -0.236. The highest BCUT2D eigenvalue weighted by Gasteiger charge is 2.39. The van der Waals surface area contributed by atoms with Gasteiger partial charge in [0.2, 0.25) is 5.91 Å². The van der Waals surface area contributed by atoms with E-state index in [9.17, 15) is 18.0 Å². The minimum atomic E-state index is -4.61. The lowest BCUT2D eigenvalue weighted by atomic mass is 10.2. The van der Waals surface area contributed by atoms with E-state index < -0.39 is 23.8 Å². The van der Waals surface area contributed by atoms with Gasteiger partial charge in [-0.15, -0.1) is 0 Å². The van der Waals surface area contributed by atoms with Crippen LogP contribution in [0.1, 0.15) is 24.4 Å². The Labute approximate surface area is 178 Å². The number of aromatic nitrogens is 2. The molecule has 0 aliphatic carbocycles. The zero-order valence-electron chi connectivity index (χ0n) is 15.5. The van der Waals surface area contributed by atoms with Gasteiger partial charge < -0.3 is 5.32 Å². The van der Waals surface area contributed by atoms with Gasteiger partial charge in [0.1, 0.15) is 6.04 Å². The van der Waals surface area contributed by atoms with Crippen molar-refractivity contribution in [1.82, 2.24) is 9.78 Å². The van der Waals surface area contributed by atoms with Gasteiger partial charge in [0.25, 0.3) is 0 Å². The van der Waals surface area contributed by atoms with Gasteiger partial charge in [0.15, 0.2) is 5.69 Å². The van der Waals surface area contributed by atoms with Crippen LogP contribution in [-0.2, 0) is 11.0 Å². The number of carbonyl (C=O) groups excluding carboxylic acids is 1. The molecule has 0 fully saturated rings. The van der Waals surface area contributed by atoms with E-state index in [2.05, 4.69) is 26.3 Å². The number of hydrogen-bond donors (Lipinski definition) is 1. The van der Waals surface area contributed by atoms with Gasteiger partial charge in [0, 0.05) is 9.79 Å². The van der Waals surface area contributed by atoms with Crippen molar-refractivity contribution < 1.29 is 18.0 Å². The van der Waals surface area contributed by atoms with E-state index >= 15 is 0 Å². The molecule has 1 heterocycles.